The average Bonchev–Trinajstić information content (AvgIpc) is 2.47. The second kappa shape index (κ2) is 5.44. The molecule has 0 atom stereocenters. The lowest BCUT2D eigenvalue weighted by Gasteiger charge is -2.19. The number of amides is 1. The molecule has 2 aromatic carbocycles. The van der Waals surface area contributed by atoms with Gasteiger partial charge >= 0.3 is 0 Å². The topological polar surface area (TPSA) is 50.4 Å². The van der Waals surface area contributed by atoms with Gasteiger partial charge in [0.25, 0.3) is 5.91 Å². The van der Waals surface area contributed by atoms with E-state index in [0.717, 1.165) is 16.8 Å². The molecule has 5 heteroatoms. The number of benzene rings is 2. The van der Waals surface area contributed by atoms with Crippen molar-refractivity contribution in [3.8, 4) is 5.75 Å². The van der Waals surface area contributed by atoms with Gasteiger partial charge in [-0.05, 0) is 42.3 Å². The number of hydrogen-bond donors (Lipinski definition) is 2. The number of anilines is 2. The van der Waals surface area contributed by atoms with Crippen molar-refractivity contribution in [2.45, 2.75) is 13.5 Å². The van der Waals surface area contributed by atoms with Gasteiger partial charge < -0.3 is 15.4 Å². The number of fused-ring (bicyclic) bond motifs is 1. The van der Waals surface area contributed by atoms with Gasteiger partial charge in [-0.2, -0.15) is 0 Å². The van der Waals surface area contributed by atoms with E-state index in [4.69, 9.17) is 4.74 Å². The summed E-state index contributed by atoms with van der Waals surface area (Å²) in [5.74, 6) is 0.239. The van der Waals surface area contributed by atoms with Gasteiger partial charge in [-0.25, -0.2) is 4.39 Å². The van der Waals surface area contributed by atoms with Crippen LogP contribution in [0.25, 0.3) is 0 Å². The van der Waals surface area contributed by atoms with E-state index in [0.29, 0.717) is 18.0 Å². The number of ether oxygens (including phenoxy) is 1. The summed E-state index contributed by atoms with van der Waals surface area (Å²) < 4.78 is 18.5. The normalized spacial score (nSPS) is 13.1. The van der Waals surface area contributed by atoms with E-state index < -0.39 is 0 Å². The van der Waals surface area contributed by atoms with Crippen LogP contribution >= 0.6 is 0 Å². The lowest BCUT2D eigenvalue weighted by Crippen LogP contribution is -2.25. The van der Waals surface area contributed by atoms with Crippen molar-refractivity contribution < 1.29 is 13.9 Å². The first-order chi connectivity index (χ1) is 10.1. The van der Waals surface area contributed by atoms with E-state index in [-0.39, 0.29) is 18.3 Å². The molecule has 1 heterocycles. The minimum absolute atomic E-state index is 0.0487. The van der Waals surface area contributed by atoms with Crippen molar-refractivity contribution in [1.82, 2.24) is 0 Å². The van der Waals surface area contributed by atoms with Gasteiger partial charge in [0, 0.05) is 12.2 Å². The molecule has 21 heavy (non-hydrogen) atoms. The van der Waals surface area contributed by atoms with E-state index in [1.165, 1.54) is 12.1 Å². The van der Waals surface area contributed by atoms with E-state index in [9.17, 15) is 9.18 Å². The molecule has 0 bridgehead atoms. The molecule has 108 valence electrons. The van der Waals surface area contributed by atoms with Gasteiger partial charge in [-0.3, -0.25) is 4.79 Å². The molecule has 1 aliphatic heterocycles. The Kier molecular flexibility index (Phi) is 3.48. The smallest absolute Gasteiger partial charge is 0.262 e. The highest BCUT2D eigenvalue weighted by Gasteiger charge is 2.15. The van der Waals surface area contributed by atoms with Crippen LogP contribution < -0.4 is 15.4 Å². The Bertz CT molecular complexity index is 701. The molecule has 0 saturated heterocycles. The van der Waals surface area contributed by atoms with Crippen LogP contribution in [-0.2, 0) is 11.3 Å². The zero-order valence-corrected chi connectivity index (χ0v) is 11.6. The van der Waals surface area contributed by atoms with Gasteiger partial charge in [-0.15, -0.1) is 0 Å². The Morgan fingerprint density at radius 1 is 1.29 bits per heavy atom. The summed E-state index contributed by atoms with van der Waals surface area (Å²) in [6, 6.07) is 10.2. The van der Waals surface area contributed by atoms with Gasteiger partial charge in [0.2, 0.25) is 0 Å². The summed E-state index contributed by atoms with van der Waals surface area (Å²) in [5.41, 5.74) is 3.38. The minimum atomic E-state index is -0.269. The van der Waals surface area contributed by atoms with Gasteiger partial charge in [-0.1, -0.05) is 12.1 Å². The molecule has 0 spiro atoms. The first kappa shape index (κ1) is 13.4. The van der Waals surface area contributed by atoms with Gasteiger partial charge in [0.1, 0.15) is 11.6 Å². The summed E-state index contributed by atoms with van der Waals surface area (Å²) in [6.07, 6.45) is 0. The molecular weight excluding hydrogens is 271 g/mol. The zero-order chi connectivity index (χ0) is 14.8. The Hall–Kier alpha value is -2.56. The summed E-state index contributed by atoms with van der Waals surface area (Å²) in [4.78, 5) is 11.3. The zero-order valence-electron chi connectivity index (χ0n) is 11.6. The highest BCUT2D eigenvalue weighted by Crippen LogP contribution is 2.28. The molecule has 0 saturated carbocycles. The number of nitrogens with one attached hydrogen (secondary N) is 2. The largest absolute Gasteiger partial charge is 0.482 e. The van der Waals surface area contributed by atoms with Crippen LogP contribution in [0.1, 0.15) is 11.1 Å². The summed E-state index contributed by atoms with van der Waals surface area (Å²) >= 11 is 0. The second-order valence-corrected chi connectivity index (χ2v) is 4.98. The molecule has 1 amide bonds. The van der Waals surface area contributed by atoms with Crippen molar-refractivity contribution in [3.63, 3.8) is 0 Å². The maximum absolute atomic E-state index is 13.2. The molecule has 4 nitrogen and oxygen atoms in total. The molecule has 3 rings (SSSR count). The van der Waals surface area contributed by atoms with Crippen molar-refractivity contribution >= 4 is 17.3 Å². The van der Waals surface area contributed by atoms with E-state index in [1.807, 2.05) is 25.1 Å². The second-order valence-electron chi connectivity index (χ2n) is 4.98. The predicted molar refractivity (Wildman–Crippen MR) is 79.0 cm³/mol. The third-order valence-electron chi connectivity index (χ3n) is 3.36. The van der Waals surface area contributed by atoms with E-state index >= 15 is 0 Å². The number of aryl methyl sites for hydroxylation is 1. The van der Waals surface area contributed by atoms with Crippen LogP contribution in [0.5, 0.6) is 5.75 Å². The van der Waals surface area contributed by atoms with Crippen LogP contribution in [0.4, 0.5) is 15.8 Å². The van der Waals surface area contributed by atoms with Gasteiger partial charge in [0.15, 0.2) is 6.61 Å². The molecule has 0 radical (unpaired) electrons. The maximum Gasteiger partial charge on any atom is 0.262 e. The quantitative estimate of drug-likeness (QED) is 0.911. The number of halogens is 1. The molecule has 2 N–H and O–H groups in total. The lowest BCUT2D eigenvalue weighted by atomic mass is 10.1. The molecule has 0 aromatic heterocycles. The number of rotatable bonds is 3. The fourth-order valence-corrected chi connectivity index (χ4v) is 2.22. The van der Waals surface area contributed by atoms with Crippen LogP contribution in [0, 0.1) is 12.7 Å². The Morgan fingerprint density at radius 3 is 3.00 bits per heavy atom. The summed E-state index contributed by atoms with van der Waals surface area (Å²) in [7, 11) is 0. The highest BCUT2D eigenvalue weighted by atomic mass is 19.1. The van der Waals surface area contributed by atoms with Crippen LogP contribution in [0.3, 0.4) is 0 Å². The highest BCUT2D eigenvalue weighted by molar-refractivity contribution is 5.95. The fraction of sp³-hybridized carbons (Fsp3) is 0.188. The lowest BCUT2D eigenvalue weighted by molar-refractivity contribution is -0.118. The van der Waals surface area contributed by atoms with E-state index in [1.54, 1.807) is 6.07 Å². The molecular formula is C16H15FN2O2. The SMILES string of the molecule is Cc1ccc(F)cc1NCc1ccc2c(c1)NC(=O)CO2. The summed E-state index contributed by atoms with van der Waals surface area (Å²) in [5, 5.41) is 5.96. The Balaban J connectivity index is 1.75. The van der Waals surface area contributed by atoms with Crippen LogP contribution in [0.2, 0.25) is 0 Å². The van der Waals surface area contributed by atoms with E-state index in [2.05, 4.69) is 10.6 Å². The molecule has 1 aliphatic rings. The van der Waals surface area contributed by atoms with Crippen molar-refractivity contribution in [2.75, 3.05) is 17.2 Å². The van der Waals surface area contributed by atoms with Crippen LogP contribution in [0.15, 0.2) is 36.4 Å². The molecule has 2 aromatic rings. The first-order valence-electron chi connectivity index (χ1n) is 6.67. The predicted octanol–water partition coefficient (Wildman–Crippen LogP) is 3.08. The van der Waals surface area contributed by atoms with Crippen molar-refractivity contribution in [3.05, 3.63) is 53.3 Å². The third kappa shape index (κ3) is 2.97. The fourth-order valence-electron chi connectivity index (χ4n) is 2.22. The number of carbonyl (C=O) groups excluding carboxylic acids is 1. The maximum atomic E-state index is 13.2. The number of hydrogen-bond acceptors (Lipinski definition) is 3. The van der Waals surface area contributed by atoms with Gasteiger partial charge in [0.05, 0.1) is 5.69 Å². The Morgan fingerprint density at radius 2 is 2.14 bits per heavy atom. The molecule has 0 unspecified atom stereocenters. The Labute approximate surface area is 121 Å². The minimum Gasteiger partial charge on any atom is -0.482 e. The summed E-state index contributed by atoms with van der Waals surface area (Å²) in [6.45, 7) is 2.50. The third-order valence-corrected chi connectivity index (χ3v) is 3.36. The average molecular weight is 286 g/mol. The van der Waals surface area contributed by atoms with Crippen LogP contribution in [-0.4, -0.2) is 12.5 Å². The molecule has 0 aliphatic carbocycles. The standard InChI is InChI=1S/C16H15FN2O2/c1-10-2-4-12(17)7-13(10)18-8-11-3-5-15-14(6-11)19-16(20)9-21-15/h2-7,18H,8-9H2,1H3,(H,19,20). The van der Waals surface area contributed by atoms with Crippen molar-refractivity contribution in [1.29, 1.82) is 0 Å². The van der Waals surface area contributed by atoms with Crippen molar-refractivity contribution in [2.24, 2.45) is 0 Å². The number of carbonyl (C=O) groups is 1. The first-order valence-corrected chi connectivity index (χ1v) is 6.67. The molecule has 0 fully saturated rings. The monoisotopic (exact) mass is 286 g/mol.